The lowest BCUT2D eigenvalue weighted by Gasteiger charge is -2.19. The fourth-order valence-electron chi connectivity index (χ4n) is 1.03. The van der Waals surface area contributed by atoms with Gasteiger partial charge in [0, 0.05) is 26.1 Å². The van der Waals surface area contributed by atoms with Crippen molar-refractivity contribution in [2.75, 3.05) is 33.9 Å². The van der Waals surface area contributed by atoms with Crippen LogP contribution in [0.25, 0.3) is 0 Å². The van der Waals surface area contributed by atoms with E-state index in [9.17, 15) is 4.79 Å². The SMILES string of the molecule is COCCN(C)CC(C)C(=O)NN. The van der Waals surface area contributed by atoms with Crippen LogP contribution in [-0.2, 0) is 9.53 Å². The van der Waals surface area contributed by atoms with Crippen LogP contribution in [0.2, 0.25) is 0 Å². The normalized spacial score (nSPS) is 13.0. The molecular formula is C8H19N3O2. The Balaban J connectivity index is 3.64. The molecule has 0 aliphatic heterocycles. The molecule has 3 N–H and O–H groups in total. The van der Waals surface area contributed by atoms with Crippen LogP contribution in [0.1, 0.15) is 6.92 Å². The van der Waals surface area contributed by atoms with Gasteiger partial charge in [-0.25, -0.2) is 5.84 Å². The highest BCUT2D eigenvalue weighted by Gasteiger charge is 2.13. The number of nitrogens with one attached hydrogen (secondary N) is 1. The van der Waals surface area contributed by atoms with Crippen molar-refractivity contribution >= 4 is 5.91 Å². The van der Waals surface area contributed by atoms with Crippen molar-refractivity contribution in [3.8, 4) is 0 Å². The number of ether oxygens (including phenoxy) is 1. The van der Waals surface area contributed by atoms with E-state index in [2.05, 4.69) is 5.43 Å². The first-order valence-corrected chi connectivity index (χ1v) is 4.29. The predicted octanol–water partition coefficient (Wildman–Crippen LogP) is -0.809. The van der Waals surface area contributed by atoms with E-state index >= 15 is 0 Å². The van der Waals surface area contributed by atoms with Gasteiger partial charge in [-0.2, -0.15) is 0 Å². The van der Waals surface area contributed by atoms with Gasteiger partial charge in [0.05, 0.1) is 6.61 Å². The molecule has 13 heavy (non-hydrogen) atoms. The van der Waals surface area contributed by atoms with E-state index in [4.69, 9.17) is 10.6 Å². The highest BCUT2D eigenvalue weighted by atomic mass is 16.5. The maximum atomic E-state index is 11.0. The van der Waals surface area contributed by atoms with Crippen LogP contribution in [-0.4, -0.2) is 44.7 Å². The Hall–Kier alpha value is -0.650. The van der Waals surface area contributed by atoms with Gasteiger partial charge in [-0.05, 0) is 7.05 Å². The second kappa shape index (κ2) is 6.82. The zero-order chi connectivity index (χ0) is 10.3. The number of hydrogen-bond donors (Lipinski definition) is 2. The van der Waals surface area contributed by atoms with Crippen molar-refractivity contribution < 1.29 is 9.53 Å². The van der Waals surface area contributed by atoms with Crippen molar-refractivity contribution in [2.45, 2.75) is 6.92 Å². The van der Waals surface area contributed by atoms with Gasteiger partial charge in [-0.15, -0.1) is 0 Å². The average molecular weight is 189 g/mol. The molecule has 0 bridgehead atoms. The molecule has 0 aromatic rings. The molecule has 0 aromatic carbocycles. The van der Waals surface area contributed by atoms with Gasteiger partial charge in [0.25, 0.3) is 0 Å². The summed E-state index contributed by atoms with van der Waals surface area (Å²) in [6.07, 6.45) is 0. The molecule has 0 saturated carbocycles. The van der Waals surface area contributed by atoms with Gasteiger partial charge in [0.2, 0.25) is 5.91 Å². The molecule has 5 heteroatoms. The molecule has 0 radical (unpaired) electrons. The summed E-state index contributed by atoms with van der Waals surface area (Å²) in [6, 6.07) is 0. The molecule has 1 unspecified atom stereocenters. The van der Waals surface area contributed by atoms with Crippen LogP contribution in [0.4, 0.5) is 0 Å². The van der Waals surface area contributed by atoms with E-state index < -0.39 is 0 Å². The third-order valence-electron chi connectivity index (χ3n) is 1.85. The van der Waals surface area contributed by atoms with Gasteiger partial charge in [-0.3, -0.25) is 10.2 Å². The van der Waals surface area contributed by atoms with Crippen molar-refractivity contribution in [1.82, 2.24) is 10.3 Å². The fourth-order valence-corrected chi connectivity index (χ4v) is 1.03. The Kier molecular flexibility index (Phi) is 6.48. The monoisotopic (exact) mass is 189 g/mol. The molecule has 0 rings (SSSR count). The topological polar surface area (TPSA) is 67.6 Å². The van der Waals surface area contributed by atoms with Gasteiger partial charge in [0.15, 0.2) is 0 Å². The first-order valence-electron chi connectivity index (χ1n) is 4.29. The smallest absolute Gasteiger partial charge is 0.237 e. The summed E-state index contributed by atoms with van der Waals surface area (Å²) in [4.78, 5) is 13.1. The molecular weight excluding hydrogens is 170 g/mol. The predicted molar refractivity (Wildman–Crippen MR) is 50.9 cm³/mol. The summed E-state index contributed by atoms with van der Waals surface area (Å²) < 4.78 is 4.91. The minimum atomic E-state index is -0.135. The molecule has 0 heterocycles. The Bertz CT molecular complexity index is 152. The van der Waals surface area contributed by atoms with Gasteiger partial charge < -0.3 is 9.64 Å². The van der Waals surface area contributed by atoms with Crippen LogP contribution >= 0.6 is 0 Å². The summed E-state index contributed by atoms with van der Waals surface area (Å²) in [7, 11) is 3.60. The number of nitrogens with zero attached hydrogens (tertiary/aromatic N) is 1. The Morgan fingerprint density at radius 2 is 2.31 bits per heavy atom. The molecule has 0 aliphatic rings. The first-order chi connectivity index (χ1) is 6.11. The van der Waals surface area contributed by atoms with Crippen LogP contribution in [0.15, 0.2) is 0 Å². The Labute approximate surface area is 79.2 Å². The zero-order valence-electron chi connectivity index (χ0n) is 8.54. The summed E-state index contributed by atoms with van der Waals surface area (Å²) in [5, 5.41) is 0. The highest BCUT2D eigenvalue weighted by Crippen LogP contribution is 1.97. The number of rotatable bonds is 6. The van der Waals surface area contributed by atoms with Gasteiger partial charge in [-0.1, -0.05) is 6.92 Å². The number of amides is 1. The number of likely N-dealkylation sites (N-methyl/N-ethyl adjacent to an activating group) is 1. The number of hydrazine groups is 1. The van der Waals surface area contributed by atoms with Crippen LogP contribution in [0.3, 0.4) is 0 Å². The van der Waals surface area contributed by atoms with Crippen LogP contribution < -0.4 is 11.3 Å². The molecule has 0 saturated heterocycles. The maximum absolute atomic E-state index is 11.0. The third-order valence-corrected chi connectivity index (χ3v) is 1.85. The lowest BCUT2D eigenvalue weighted by atomic mass is 10.1. The molecule has 0 aromatic heterocycles. The highest BCUT2D eigenvalue weighted by molar-refractivity contribution is 5.77. The number of hydrogen-bond acceptors (Lipinski definition) is 4. The zero-order valence-corrected chi connectivity index (χ0v) is 8.54. The number of carbonyl (C=O) groups is 1. The van der Waals surface area contributed by atoms with E-state index in [0.717, 1.165) is 6.54 Å². The largest absolute Gasteiger partial charge is 0.383 e. The summed E-state index contributed by atoms with van der Waals surface area (Å²) in [5.74, 6) is 4.78. The third kappa shape index (κ3) is 5.57. The van der Waals surface area contributed by atoms with E-state index in [-0.39, 0.29) is 11.8 Å². The molecule has 0 fully saturated rings. The van der Waals surface area contributed by atoms with Crippen molar-refractivity contribution in [2.24, 2.45) is 11.8 Å². The molecule has 1 atom stereocenters. The molecule has 78 valence electrons. The lowest BCUT2D eigenvalue weighted by Crippen LogP contribution is -2.40. The van der Waals surface area contributed by atoms with Crippen LogP contribution in [0, 0.1) is 5.92 Å². The summed E-state index contributed by atoms with van der Waals surface area (Å²) in [5.41, 5.74) is 2.13. The summed E-state index contributed by atoms with van der Waals surface area (Å²) in [6.45, 7) is 4.02. The van der Waals surface area contributed by atoms with Crippen molar-refractivity contribution in [1.29, 1.82) is 0 Å². The standard InChI is InChI=1S/C8H19N3O2/c1-7(8(12)10-9)6-11(2)4-5-13-3/h7H,4-6,9H2,1-3H3,(H,10,12). The number of nitrogens with two attached hydrogens (primary N) is 1. The Morgan fingerprint density at radius 3 is 2.77 bits per heavy atom. The van der Waals surface area contributed by atoms with E-state index in [1.165, 1.54) is 0 Å². The second-order valence-electron chi connectivity index (χ2n) is 3.16. The first kappa shape index (κ1) is 12.3. The number of carbonyl (C=O) groups excluding carboxylic acids is 1. The second-order valence-corrected chi connectivity index (χ2v) is 3.16. The lowest BCUT2D eigenvalue weighted by molar-refractivity contribution is -0.125. The van der Waals surface area contributed by atoms with E-state index in [0.29, 0.717) is 13.2 Å². The molecule has 5 nitrogen and oxygen atoms in total. The molecule has 1 amide bonds. The molecule has 0 spiro atoms. The minimum absolute atomic E-state index is 0.0909. The summed E-state index contributed by atoms with van der Waals surface area (Å²) >= 11 is 0. The maximum Gasteiger partial charge on any atom is 0.237 e. The minimum Gasteiger partial charge on any atom is -0.383 e. The van der Waals surface area contributed by atoms with Gasteiger partial charge >= 0.3 is 0 Å². The average Bonchev–Trinajstić information content (AvgIpc) is 2.13. The van der Waals surface area contributed by atoms with Gasteiger partial charge in [0.1, 0.15) is 0 Å². The van der Waals surface area contributed by atoms with E-state index in [1.54, 1.807) is 7.11 Å². The van der Waals surface area contributed by atoms with Crippen LogP contribution in [0.5, 0.6) is 0 Å². The molecule has 0 aliphatic carbocycles. The number of methoxy groups -OCH3 is 1. The van der Waals surface area contributed by atoms with Crippen molar-refractivity contribution in [3.63, 3.8) is 0 Å². The van der Waals surface area contributed by atoms with E-state index in [1.807, 2.05) is 18.9 Å². The van der Waals surface area contributed by atoms with Crippen molar-refractivity contribution in [3.05, 3.63) is 0 Å². The quantitative estimate of drug-likeness (QED) is 0.326. The fraction of sp³-hybridized carbons (Fsp3) is 0.875. The Morgan fingerprint density at radius 1 is 1.69 bits per heavy atom.